The number of aromatic hydroxyl groups is 2. The zero-order valence-corrected chi connectivity index (χ0v) is 18.7. The summed E-state index contributed by atoms with van der Waals surface area (Å²) < 4.78 is 16.0. The van der Waals surface area contributed by atoms with Gasteiger partial charge in [-0.25, -0.2) is 4.79 Å². The van der Waals surface area contributed by atoms with Crippen LogP contribution in [0.15, 0.2) is 45.6 Å². The highest BCUT2D eigenvalue weighted by Crippen LogP contribution is 2.34. The van der Waals surface area contributed by atoms with E-state index in [9.17, 15) is 15.0 Å². The molecule has 10 heteroatoms. The van der Waals surface area contributed by atoms with E-state index in [1.165, 1.54) is 27.5 Å². The molecule has 1 aromatic heterocycles. The first-order chi connectivity index (χ1) is 14.6. The highest BCUT2D eigenvalue weighted by Gasteiger charge is 2.25. The van der Waals surface area contributed by atoms with Crippen LogP contribution >= 0.6 is 0 Å². The van der Waals surface area contributed by atoms with E-state index in [-0.39, 0.29) is 48.7 Å². The van der Waals surface area contributed by atoms with Crippen LogP contribution in [0.1, 0.15) is 11.1 Å². The molecule has 0 bridgehead atoms. The van der Waals surface area contributed by atoms with Crippen molar-refractivity contribution in [3.8, 4) is 23.0 Å². The van der Waals surface area contributed by atoms with E-state index >= 15 is 0 Å². The summed E-state index contributed by atoms with van der Waals surface area (Å²) in [7, 11) is 0. The second-order valence-corrected chi connectivity index (χ2v) is 7.94. The molecule has 2 aliphatic heterocycles. The van der Waals surface area contributed by atoms with Crippen molar-refractivity contribution in [3.63, 3.8) is 0 Å². The molecule has 0 spiro atoms. The minimum absolute atomic E-state index is 0. The lowest BCUT2D eigenvalue weighted by molar-refractivity contribution is -1.02. The first-order valence-corrected chi connectivity index (χ1v) is 10.1. The molecule has 2 aromatic carbocycles. The van der Waals surface area contributed by atoms with E-state index in [4.69, 9.17) is 13.9 Å². The number of phenolic OH excluding ortho intramolecular Hbond substituents is 2. The van der Waals surface area contributed by atoms with Gasteiger partial charge < -0.3 is 58.7 Å². The molecule has 1 fully saturated rings. The molecule has 0 unspecified atom stereocenters. The van der Waals surface area contributed by atoms with E-state index in [0.29, 0.717) is 11.9 Å². The zero-order valence-electron chi connectivity index (χ0n) is 17.2. The normalized spacial score (nSPS) is 19.2. The fourth-order valence-electron chi connectivity index (χ4n) is 4.33. The Labute approximate surface area is 196 Å². The maximum Gasteiger partial charge on any atom is 0.336 e. The number of fused-ring (bicyclic) bond motifs is 2. The van der Waals surface area contributed by atoms with Gasteiger partial charge >= 0.3 is 5.63 Å². The number of quaternary nitrogens is 2. The van der Waals surface area contributed by atoms with Crippen LogP contribution in [-0.4, -0.2) is 43.2 Å². The quantitative estimate of drug-likeness (QED) is 0.218. The average Bonchev–Trinajstić information content (AvgIpc) is 3.20. The molecule has 0 atom stereocenters. The summed E-state index contributed by atoms with van der Waals surface area (Å²) in [4.78, 5) is 14.8. The van der Waals surface area contributed by atoms with E-state index in [0.717, 1.165) is 49.8 Å². The molecule has 0 amide bonds. The highest BCUT2D eigenvalue weighted by molar-refractivity contribution is 5.87. The molecule has 5 rings (SSSR count). The minimum Gasteiger partial charge on any atom is -1.00 e. The van der Waals surface area contributed by atoms with Crippen molar-refractivity contribution in [1.29, 1.82) is 0 Å². The van der Waals surface area contributed by atoms with Gasteiger partial charge in [-0.2, -0.15) is 0 Å². The molecule has 8 nitrogen and oxygen atoms in total. The molecule has 2 aliphatic rings. The van der Waals surface area contributed by atoms with Crippen LogP contribution in [0.5, 0.6) is 23.0 Å². The predicted molar refractivity (Wildman–Crippen MR) is 107 cm³/mol. The van der Waals surface area contributed by atoms with Crippen molar-refractivity contribution in [2.24, 2.45) is 0 Å². The lowest BCUT2D eigenvalue weighted by Crippen LogP contribution is -3.27. The summed E-state index contributed by atoms with van der Waals surface area (Å²) in [6.45, 7) is 5.90. The largest absolute Gasteiger partial charge is 1.00 e. The Bertz CT molecular complexity index is 1160. The number of nitrogens with one attached hydrogen (secondary N) is 2. The maximum atomic E-state index is 12.0. The van der Waals surface area contributed by atoms with Gasteiger partial charge in [0.25, 0.3) is 0 Å². The predicted octanol–water partition coefficient (Wildman–Crippen LogP) is -6.58. The summed E-state index contributed by atoms with van der Waals surface area (Å²) in [5.41, 5.74) is 1.58. The molecule has 0 saturated carbocycles. The maximum absolute atomic E-state index is 12.0. The summed E-state index contributed by atoms with van der Waals surface area (Å²) in [6, 6.07) is 10.7. The Morgan fingerprint density at radius 2 is 1.53 bits per heavy atom. The number of hydrogen-bond donors (Lipinski definition) is 4. The van der Waals surface area contributed by atoms with Gasteiger partial charge in [-0.1, -0.05) is 0 Å². The van der Waals surface area contributed by atoms with Crippen molar-refractivity contribution in [3.05, 3.63) is 57.9 Å². The number of hydrogen-bond acceptors (Lipinski definition) is 6. The van der Waals surface area contributed by atoms with Crippen LogP contribution in [0.3, 0.4) is 0 Å². The molecular formula is C22H24Cl2N2O6. The van der Waals surface area contributed by atoms with Gasteiger partial charge in [0.05, 0.1) is 0 Å². The topological polar surface area (TPSA) is 98.0 Å². The fourth-order valence-corrected chi connectivity index (χ4v) is 4.33. The molecule has 3 aromatic rings. The summed E-state index contributed by atoms with van der Waals surface area (Å²) in [6.07, 6.45) is 0. The van der Waals surface area contributed by atoms with E-state index < -0.39 is 5.63 Å². The smallest absolute Gasteiger partial charge is 0.336 e. The molecule has 0 radical (unpaired) electrons. The molecular weight excluding hydrogens is 459 g/mol. The second kappa shape index (κ2) is 9.87. The van der Waals surface area contributed by atoms with Crippen molar-refractivity contribution < 1.29 is 58.7 Å². The standard InChI is InChI=1S/C22H22N2O6.2ClH/c25-17-3-2-16-15(10-20(26)30-22(16)21(17)27)12-24-7-5-23(6-8-24)11-14-1-4-18-19(9-14)29-13-28-18;;/h1-4,9-10,25,27H,5-8,11-13H2;2*1H. The van der Waals surface area contributed by atoms with Crippen molar-refractivity contribution in [2.45, 2.75) is 13.1 Å². The van der Waals surface area contributed by atoms with Gasteiger partial charge in [-0.05, 0) is 30.3 Å². The number of ether oxygens (including phenoxy) is 2. The van der Waals surface area contributed by atoms with Crippen molar-refractivity contribution >= 4 is 11.0 Å². The van der Waals surface area contributed by atoms with Crippen LogP contribution < -0.4 is 49.7 Å². The van der Waals surface area contributed by atoms with Gasteiger partial charge in [-0.3, -0.25) is 0 Å². The third-order valence-electron chi connectivity index (χ3n) is 5.95. The third kappa shape index (κ3) is 4.73. The SMILES string of the molecule is O=c1cc(C[NH+]2CC[NH+](Cc3ccc4c(c3)OCO4)CC2)c2ccc(O)c(O)c2o1.[Cl-].[Cl-]. The Balaban J connectivity index is 0.00000144. The highest BCUT2D eigenvalue weighted by atomic mass is 35.5. The van der Waals surface area contributed by atoms with Gasteiger partial charge in [0, 0.05) is 22.6 Å². The Morgan fingerprint density at radius 1 is 0.844 bits per heavy atom. The van der Waals surface area contributed by atoms with Gasteiger partial charge in [0.1, 0.15) is 39.3 Å². The number of rotatable bonds is 4. The summed E-state index contributed by atoms with van der Waals surface area (Å²) in [5, 5.41) is 20.4. The average molecular weight is 483 g/mol. The number of benzene rings is 2. The second-order valence-electron chi connectivity index (χ2n) is 7.94. The molecule has 4 N–H and O–H groups in total. The van der Waals surface area contributed by atoms with Gasteiger partial charge in [-0.15, -0.1) is 0 Å². The van der Waals surface area contributed by atoms with Crippen LogP contribution in [-0.2, 0) is 13.1 Å². The molecule has 32 heavy (non-hydrogen) atoms. The first kappa shape index (κ1) is 24.0. The van der Waals surface area contributed by atoms with Crippen LogP contribution in [0.4, 0.5) is 0 Å². The molecule has 0 aliphatic carbocycles. The first-order valence-electron chi connectivity index (χ1n) is 10.1. The third-order valence-corrected chi connectivity index (χ3v) is 5.95. The van der Waals surface area contributed by atoms with Crippen LogP contribution in [0.2, 0.25) is 0 Å². The van der Waals surface area contributed by atoms with Gasteiger partial charge in [0.2, 0.25) is 12.5 Å². The Morgan fingerprint density at radius 3 is 2.28 bits per heavy atom. The lowest BCUT2D eigenvalue weighted by atomic mass is 10.1. The van der Waals surface area contributed by atoms with Crippen molar-refractivity contribution in [2.75, 3.05) is 33.0 Å². The van der Waals surface area contributed by atoms with Crippen molar-refractivity contribution in [1.82, 2.24) is 0 Å². The van der Waals surface area contributed by atoms with Gasteiger partial charge in [0.15, 0.2) is 22.8 Å². The number of phenols is 2. The molecule has 1 saturated heterocycles. The van der Waals surface area contributed by atoms with E-state index in [1.807, 2.05) is 6.07 Å². The Kier molecular flexibility index (Phi) is 7.40. The number of halogens is 2. The van der Waals surface area contributed by atoms with E-state index in [2.05, 4.69) is 12.1 Å². The fraction of sp³-hybridized carbons (Fsp3) is 0.318. The van der Waals surface area contributed by atoms with Crippen LogP contribution in [0.25, 0.3) is 11.0 Å². The molecule has 172 valence electrons. The summed E-state index contributed by atoms with van der Waals surface area (Å²) in [5.74, 6) is 0.942. The monoisotopic (exact) mass is 482 g/mol. The zero-order chi connectivity index (χ0) is 20.7. The van der Waals surface area contributed by atoms with Crippen LogP contribution in [0, 0.1) is 0 Å². The number of piperazine rings is 1. The lowest BCUT2D eigenvalue weighted by Gasteiger charge is -2.30. The Hall–Kier alpha value is -2.65. The molecule has 3 heterocycles. The van der Waals surface area contributed by atoms with E-state index in [1.54, 1.807) is 6.07 Å². The summed E-state index contributed by atoms with van der Waals surface area (Å²) >= 11 is 0. The minimum atomic E-state index is -0.523.